The number of carbonyl (C=O) groups excluding carboxylic acids is 1. The molecule has 0 saturated heterocycles. The predicted octanol–water partition coefficient (Wildman–Crippen LogP) is 1.63. The summed E-state index contributed by atoms with van der Waals surface area (Å²) in [4.78, 5) is 23.8. The van der Waals surface area contributed by atoms with E-state index in [1.54, 1.807) is 0 Å². The standard InChI is InChI=1S/C7H4F2IN3O3/c8-5(9)4-3(13(15)16)1-2(7(11)14)12-6(4)10/h1,5H,(H2,11,14). The van der Waals surface area contributed by atoms with Crippen LogP contribution in [0.1, 0.15) is 22.5 Å². The summed E-state index contributed by atoms with van der Waals surface area (Å²) in [5, 5.41) is 10.5. The normalized spacial score (nSPS) is 10.5. The maximum atomic E-state index is 12.5. The molecule has 0 spiro atoms. The summed E-state index contributed by atoms with van der Waals surface area (Å²) in [6, 6.07) is 0.645. The lowest BCUT2D eigenvalue weighted by atomic mass is 10.2. The first kappa shape index (κ1) is 12.7. The van der Waals surface area contributed by atoms with E-state index in [0.29, 0.717) is 6.07 Å². The molecule has 0 unspecified atom stereocenters. The average Bonchev–Trinajstić information content (AvgIpc) is 2.15. The van der Waals surface area contributed by atoms with E-state index in [9.17, 15) is 23.7 Å². The Labute approximate surface area is 101 Å². The third kappa shape index (κ3) is 2.40. The van der Waals surface area contributed by atoms with Gasteiger partial charge in [0.25, 0.3) is 18.0 Å². The second-order valence-electron chi connectivity index (χ2n) is 2.65. The zero-order valence-electron chi connectivity index (χ0n) is 7.49. The van der Waals surface area contributed by atoms with E-state index < -0.39 is 34.2 Å². The van der Waals surface area contributed by atoms with Crippen molar-refractivity contribution < 1.29 is 18.5 Å². The van der Waals surface area contributed by atoms with Crippen LogP contribution in [0, 0.1) is 13.8 Å². The smallest absolute Gasteiger partial charge is 0.283 e. The Hall–Kier alpha value is -1.39. The number of rotatable bonds is 3. The van der Waals surface area contributed by atoms with Gasteiger partial charge in [0.2, 0.25) is 0 Å². The van der Waals surface area contributed by atoms with E-state index in [0.717, 1.165) is 0 Å². The second kappa shape index (κ2) is 4.63. The average molecular weight is 343 g/mol. The van der Waals surface area contributed by atoms with Crippen LogP contribution in [-0.2, 0) is 0 Å². The van der Waals surface area contributed by atoms with Crippen molar-refractivity contribution in [3.8, 4) is 0 Å². The number of pyridine rings is 1. The van der Waals surface area contributed by atoms with Crippen molar-refractivity contribution in [2.24, 2.45) is 5.73 Å². The highest BCUT2D eigenvalue weighted by atomic mass is 127. The van der Waals surface area contributed by atoms with Gasteiger partial charge in [-0.2, -0.15) is 0 Å². The number of hydrogen-bond acceptors (Lipinski definition) is 4. The van der Waals surface area contributed by atoms with Crippen molar-refractivity contribution in [1.82, 2.24) is 4.98 Å². The minimum absolute atomic E-state index is 0.310. The van der Waals surface area contributed by atoms with Crippen molar-refractivity contribution in [3.05, 3.63) is 31.1 Å². The van der Waals surface area contributed by atoms with Gasteiger partial charge in [0.15, 0.2) is 0 Å². The quantitative estimate of drug-likeness (QED) is 0.390. The summed E-state index contributed by atoms with van der Waals surface area (Å²) in [5.41, 5.74) is 2.78. The van der Waals surface area contributed by atoms with Crippen molar-refractivity contribution >= 4 is 34.2 Å². The lowest BCUT2D eigenvalue weighted by molar-refractivity contribution is -0.386. The highest BCUT2D eigenvalue weighted by Gasteiger charge is 2.27. The molecule has 1 aromatic heterocycles. The van der Waals surface area contributed by atoms with Gasteiger partial charge in [0.1, 0.15) is 15.0 Å². The molecular formula is C7H4F2IN3O3. The third-order valence-electron chi connectivity index (χ3n) is 1.66. The van der Waals surface area contributed by atoms with Crippen molar-refractivity contribution in [2.45, 2.75) is 6.43 Å². The number of primary amides is 1. The lowest BCUT2D eigenvalue weighted by Crippen LogP contribution is -2.15. The number of nitro groups is 1. The molecule has 1 amide bonds. The van der Waals surface area contributed by atoms with E-state index >= 15 is 0 Å². The number of halogens is 3. The van der Waals surface area contributed by atoms with Gasteiger partial charge >= 0.3 is 0 Å². The molecule has 0 aliphatic rings. The summed E-state index contributed by atoms with van der Waals surface area (Å²) >= 11 is 1.39. The Morgan fingerprint density at radius 1 is 1.62 bits per heavy atom. The highest BCUT2D eigenvalue weighted by molar-refractivity contribution is 14.1. The number of hydrogen-bond donors (Lipinski definition) is 1. The molecule has 6 nitrogen and oxygen atoms in total. The summed E-state index contributed by atoms with van der Waals surface area (Å²) in [5.74, 6) is -1.01. The fourth-order valence-corrected chi connectivity index (χ4v) is 1.76. The first-order chi connectivity index (χ1) is 7.34. The Morgan fingerprint density at radius 3 is 2.56 bits per heavy atom. The van der Waals surface area contributed by atoms with E-state index in [1.807, 2.05) is 0 Å². The molecule has 16 heavy (non-hydrogen) atoms. The predicted molar refractivity (Wildman–Crippen MR) is 57.1 cm³/mol. The molecule has 86 valence electrons. The molecule has 0 aliphatic heterocycles. The first-order valence-electron chi connectivity index (χ1n) is 3.77. The minimum atomic E-state index is -3.04. The monoisotopic (exact) mass is 343 g/mol. The molecule has 9 heteroatoms. The molecule has 1 aromatic rings. The molecule has 0 radical (unpaired) electrons. The summed E-state index contributed by atoms with van der Waals surface area (Å²) in [7, 11) is 0. The molecule has 1 heterocycles. The van der Waals surface area contributed by atoms with Crippen LogP contribution in [0.25, 0.3) is 0 Å². The fraction of sp³-hybridized carbons (Fsp3) is 0.143. The van der Waals surface area contributed by atoms with Crippen LogP contribution < -0.4 is 5.73 Å². The number of amides is 1. The summed E-state index contributed by atoms with van der Waals surface area (Å²) < 4.78 is 24.7. The molecule has 0 atom stereocenters. The van der Waals surface area contributed by atoms with Crippen LogP contribution in [0.15, 0.2) is 6.07 Å². The molecular weight excluding hydrogens is 339 g/mol. The van der Waals surface area contributed by atoms with Gasteiger partial charge in [-0.3, -0.25) is 14.9 Å². The number of nitrogens with zero attached hydrogens (tertiary/aromatic N) is 2. The largest absolute Gasteiger partial charge is 0.364 e. The van der Waals surface area contributed by atoms with Gasteiger partial charge in [-0.1, -0.05) is 0 Å². The Bertz CT molecular complexity index is 466. The minimum Gasteiger partial charge on any atom is -0.364 e. The number of alkyl halides is 2. The molecule has 0 saturated carbocycles. The summed E-state index contributed by atoms with van der Waals surface area (Å²) in [6.45, 7) is 0. The zero-order chi connectivity index (χ0) is 12.5. The van der Waals surface area contributed by atoms with Gasteiger partial charge < -0.3 is 5.73 Å². The van der Waals surface area contributed by atoms with Gasteiger partial charge in [-0.15, -0.1) is 0 Å². The van der Waals surface area contributed by atoms with E-state index in [-0.39, 0.29) is 3.70 Å². The SMILES string of the molecule is NC(=O)c1cc([N+](=O)[O-])c(C(F)F)c(I)n1. The lowest BCUT2D eigenvalue weighted by Gasteiger charge is -2.05. The van der Waals surface area contributed by atoms with Crippen molar-refractivity contribution in [3.63, 3.8) is 0 Å². The highest BCUT2D eigenvalue weighted by Crippen LogP contribution is 2.32. The Morgan fingerprint density at radius 2 is 2.19 bits per heavy atom. The van der Waals surface area contributed by atoms with E-state index in [2.05, 4.69) is 4.98 Å². The molecule has 0 bridgehead atoms. The number of aromatic nitrogens is 1. The number of nitrogens with two attached hydrogens (primary N) is 1. The zero-order valence-corrected chi connectivity index (χ0v) is 9.64. The Kier molecular flexibility index (Phi) is 3.67. The van der Waals surface area contributed by atoms with E-state index in [1.165, 1.54) is 22.6 Å². The van der Waals surface area contributed by atoms with Crippen LogP contribution in [0.3, 0.4) is 0 Å². The van der Waals surface area contributed by atoms with Gasteiger partial charge in [-0.05, 0) is 22.6 Å². The maximum Gasteiger partial charge on any atom is 0.283 e. The van der Waals surface area contributed by atoms with Crippen LogP contribution in [-0.4, -0.2) is 15.8 Å². The van der Waals surface area contributed by atoms with E-state index in [4.69, 9.17) is 5.73 Å². The summed E-state index contributed by atoms with van der Waals surface area (Å²) in [6.07, 6.45) is -3.04. The van der Waals surface area contributed by atoms with Crippen LogP contribution in [0.4, 0.5) is 14.5 Å². The third-order valence-corrected chi connectivity index (χ3v) is 2.48. The Balaban J connectivity index is 3.52. The maximum absolute atomic E-state index is 12.5. The van der Waals surface area contributed by atoms with Gasteiger partial charge in [0.05, 0.1) is 4.92 Å². The molecule has 0 fully saturated rings. The molecule has 2 N–H and O–H groups in total. The van der Waals surface area contributed by atoms with Crippen molar-refractivity contribution in [1.29, 1.82) is 0 Å². The number of carbonyl (C=O) groups is 1. The molecule has 0 aliphatic carbocycles. The van der Waals surface area contributed by atoms with Crippen LogP contribution in [0.2, 0.25) is 0 Å². The first-order valence-corrected chi connectivity index (χ1v) is 4.85. The second-order valence-corrected chi connectivity index (χ2v) is 3.67. The topological polar surface area (TPSA) is 99.1 Å². The fourth-order valence-electron chi connectivity index (χ4n) is 0.990. The van der Waals surface area contributed by atoms with Gasteiger partial charge in [0, 0.05) is 6.07 Å². The molecule has 1 rings (SSSR count). The van der Waals surface area contributed by atoms with Crippen LogP contribution >= 0.6 is 22.6 Å². The molecule has 0 aromatic carbocycles. The van der Waals surface area contributed by atoms with Crippen LogP contribution in [0.5, 0.6) is 0 Å². The van der Waals surface area contributed by atoms with Gasteiger partial charge in [-0.25, -0.2) is 13.8 Å². The van der Waals surface area contributed by atoms with Crippen molar-refractivity contribution in [2.75, 3.05) is 0 Å².